The summed E-state index contributed by atoms with van der Waals surface area (Å²) in [6.45, 7) is 0. The highest BCUT2D eigenvalue weighted by atomic mass is 31.2. The van der Waals surface area contributed by atoms with Crippen molar-refractivity contribution in [2.45, 2.75) is 5.85 Å². The number of phosphoric acid groups is 1. The summed E-state index contributed by atoms with van der Waals surface area (Å²) in [6.07, 6.45) is 3.07. The fraction of sp³-hybridized carbons (Fsp3) is 0.385. The molecule has 0 fully saturated rings. The Balaban J connectivity index is 3.09. The smallest absolute Gasteiger partial charge is 0.310 e. The van der Waals surface area contributed by atoms with Crippen LogP contribution in [0.3, 0.4) is 0 Å². The van der Waals surface area contributed by atoms with Crippen molar-refractivity contribution in [1.82, 2.24) is 0 Å². The first-order chi connectivity index (χ1) is 10.4. The SMILES string of the molecule is COP(=O)(OC)OC(/C=C/c1ccccc1)P(=O)(OC)OC. The largest absolute Gasteiger partial charge is 0.475 e. The maximum atomic E-state index is 12.5. The molecule has 0 aromatic heterocycles. The first-order valence-corrected chi connectivity index (χ1v) is 9.34. The Morgan fingerprint density at radius 1 is 0.909 bits per heavy atom. The Bertz CT molecular complexity index is 557. The molecule has 1 aromatic carbocycles. The summed E-state index contributed by atoms with van der Waals surface area (Å²) >= 11 is 0. The molecule has 0 aliphatic heterocycles. The van der Waals surface area contributed by atoms with Gasteiger partial charge in [-0.1, -0.05) is 36.4 Å². The van der Waals surface area contributed by atoms with Crippen molar-refractivity contribution in [2.24, 2.45) is 0 Å². The van der Waals surface area contributed by atoms with Crippen molar-refractivity contribution in [3.63, 3.8) is 0 Å². The first kappa shape index (κ1) is 19.3. The summed E-state index contributed by atoms with van der Waals surface area (Å²) in [5.74, 6) is -1.26. The van der Waals surface area contributed by atoms with Crippen molar-refractivity contribution in [3.05, 3.63) is 42.0 Å². The van der Waals surface area contributed by atoms with E-state index < -0.39 is 21.3 Å². The van der Waals surface area contributed by atoms with E-state index in [9.17, 15) is 9.13 Å². The molecule has 0 heterocycles. The Morgan fingerprint density at radius 3 is 1.91 bits per heavy atom. The lowest BCUT2D eigenvalue weighted by molar-refractivity contribution is 0.133. The second-order valence-electron chi connectivity index (χ2n) is 3.98. The fourth-order valence-electron chi connectivity index (χ4n) is 1.53. The molecule has 1 atom stereocenters. The zero-order valence-electron chi connectivity index (χ0n) is 12.9. The van der Waals surface area contributed by atoms with E-state index in [4.69, 9.17) is 22.6 Å². The van der Waals surface area contributed by atoms with E-state index in [1.54, 1.807) is 6.08 Å². The third-order valence-electron chi connectivity index (χ3n) is 2.76. The highest BCUT2D eigenvalue weighted by Gasteiger charge is 2.40. The van der Waals surface area contributed by atoms with Gasteiger partial charge >= 0.3 is 15.4 Å². The van der Waals surface area contributed by atoms with Crippen LogP contribution in [0.15, 0.2) is 36.4 Å². The molecular weight excluding hydrogens is 330 g/mol. The van der Waals surface area contributed by atoms with E-state index in [1.165, 1.54) is 20.3 Å². The lowest BCUT2D eigenvalue weighted by atomic mass is 10.2. The number of rotatable bonds is 9. The molecule has 0 bridgehead atoms. The minimum atomic E-state index is -3.86. The molecule has 1 rings (SSSR count). The summed E-state index contributed by atoms with van der Waals surface area (Å²) in [5, 5.41) is 0. The van der Waals surface area contributed by atoms with Crippen LogP contribution in [0.25, 0.3) is 6.08 Å². The zero-order valence-corrected chi connectivity index (χ0v) is 14.7. The summed E-state index contributed by atoms with van der Waals surface area (Å²) in [4.78, 5) is 0. The average molecular weight is 350 g/mol. The highest BCUT2D eigenvalue weighted by Crippen LogP contribution is 2.60. The van der Waals surface area contributed by atoms with Gasteiger partial charge in [-0.25, -0.2) is 4.57 Å². The topological polar surface area (TPSA) is 80.3 Å². The van der Waals surface area contributed by atoms with E-state index in [1.807, 2.05) is 30.3 Å². The quantitative estimate of drug-likeness (QED) is 0.624. The standard InChI is InChI=1S/C13H20O7P2/c1-16-21(14,17-2)13(20-22(15,18-3)19-4)11-10-12-8-6-5-7-9-12/h5-11,13H,1-4H3/b11-10+. The third-order valence-corrected chi connectivity index (χ3v) is 6.22. The van der Waals surface area contributed by atoms with Crippen molar-refractivity contribution >= 4 is 21.5 Å². The highest BCUT2D eigenvalue weighted by molar-refractivity contribution is 7.56. The van der Waals surface area contributed by atoms with Crippen molar-refractivity contribution in [1.29, 1.82) is 0 Å². The molecule has 1 aromatic rings. The Kier molecular flexibility index (Phi) is 7.66. The number of hydrogen-bond acceptors (Lipinski definition) is 7. The monoisotopic (exact) mass is 350 g/mol. The summed E-state index contributed by atoms with van der Waals surface area (Å²) < 4.78 is 49.1. The van der Waals surface area contributed by atoms with Gasteiger partial charge in [-0.15, -0.1) is 0 Å². The predicted octanol–water partition coefficient (Wildman–Crippen LogP) is 3.93. The Morgan fingerprint density at radius 2 is 1.45 bits per heavy atom. The zero-order chi connectivity index (χ0) is 16.6. The number of hydrogen-bond donors (Lipinski definition) is 0. The molecule has 0 amide bonds. The van der Waals surface area contributed by atoms with Gasteiger partial charge in [-0.05, 0) is 11.6 Å². The van der Waals surface area contributed by atoms with Crippen molar-refractivity contribution < 1.29 is 31.7 Å². The van der Waals surface area contributed by atoms with E-state index in [-0.39, 0.29) is 0 Å². The molecule has 0 N–H and O–H groups in total. The minimum Gasteiger partial charge on any atom is -0.310 e. The number of benzene rings is 1. The third kappa shape index (κ3) is 5.14. The van der Waals surface area contributed by atoms with E-state index in [2.05, 4.69) is 0 Å². The molecule has 1 unspecified atom stereocenters. The molecule has 7 nitrogen and oxygen atoms in total. The lowest BCUT2D eigenvalue weighted by Gasteiger charge is -2.24. The normalized spacial score (nSPS) is 14.4. The molecule has 0 saturated carbocycles. The van der Waals surface area contributed by atoms with Crippen LogP contribution in [0.1, 0.15) is 5.56 Å². The maximum Gasteiger partial charge on any atom is 0.475 e. The van der Waals surface area contributed by atoms with Crippen LogP contribution in [0, 0.1) is 0 Å². The summed E-state index contributed by atoms with van der Waals surface area (Å²) in [5.41, 5.74) is 0.833. The van der Waals surface area contributed by atoms with E-state index in [0.29, 0.717) is 0 Å². The lowest BCUT2D eigenvalue weighted by Crippen LogP contribution is -2.13. The first-order valence-electron chi connectivity index (χ1n) is 6.27. The van der Waals surface area contributed by atoms with Crippen LogP contribution in [-0.4, -0.2) is 34.3 Å². The molecule has 0 saturated heterocycles. The van der Waals surface area contributed by atoms with Gasteiger partial charge in [0, 0.05) is 28.4 Å². The predicted molar refractivity (Wildman–Crippen MR) is 83.6 cm³/mol. The average Bonchev–Trinajstić information content (AvgIpc) is 2.58. The minimum absolute atomic E-state index is 0.833. The Labute approximate surface area is 130 Å². The molecule has 0 aliphatic rings. The van der Waals surface area contributed by atoms with Crippen LogP contribution in [0.5, 0.6) is 0 Å². The molecule has 0 spiro atoms. The molecular formula is C13H20O7P2. The summed E-state index contributed by atoms with van der Waals surface area (Å²) in [7, 11) is -2.82. The molecule has 0 aliphatic carbocycles. The van der Waals surface area contributed by atoms with Gasteiger partial charge in [0.1, 0.15) is 0 Å². The summed E-state index contributed by atoms with van der Waals surface area (Å²) in [6, 6.07) is 9.23. The van der Waals surface area contributed by atoms with Crippen molar-refractivity contribution in [3.8, 4) is 0 Å². The fourth-order valence-corrected chi connectivity index (χ4v) is 3.86. The van der Waals surface area contributed by atoms with Crippen LogP contribution in [-0.2, 0) is 31.7 Å². The van der Waals surface area contributed by atoms with Crippen LogP contribution in [0.2, 0.25) is 0 Å². The van der Waals surface area contributed by atoms with E-state index in [0.717, 1.165) is 19.8 Å². The number of phosphoric ester groups is 1. The van der Waals surface area contributed by atoms with Gasteiger partial charge in [0.2, 0.25) is 0 Å². The van der Waals surface area contributed by atoms with Gasteiger partial charge in [0.25, 0.3) is 0 Å². The maximum absolute atomic E-state index is 12.5. The van der Waals surface area contributed by atoms with Crippen molar-refractivity contribution in [2.75, 3.05) is 28.4 Å². The molecule has 22 heavy (non-hydrogen) atoms. The second kappa shape index (κ2) is 8.75. The molecule has 9 heteroatoms. The van der Waals surface area contributed by atoms with Gasteiger partial charge < -0.3 is 9.05 Å². The van der Waals surface area contributed by atoms with Crippen LogP contribution < -0.4 is 0 Å². The van der Waals surface area contributed by atoms with Gasteiger partial charge in [-0.2, -0.15) is 0 Å². The molecule has 124 valence electrons. The van der Waals surface area contributed by atoms with E-state index >= 15 is 0 Å². The van der Waals surface area contributed by atoms with Crippen LogP contribution >= 0.6 is 15.4 Å². The van der Waals surface area contributed by atoms with Gasteiger partial charge in [-0.3, -0.25) is 18.1 Å². The molecule has 0 radical (unpaired) electrons. The van der Waals surface area contributed by atoms with Crippen LogP contribution in [0.4, 0.5) is 0 Å². The van der Waals surface area contributed by atoms with Gasteiger partial charge in [0.05, 0.1) is 0 Å². The second-order valence-corrected chi connectivity index (χ2v) is 8.14. The Hall–Kier alpha value is -0.780. The van der Waals surface area contributed by atoms with Gasteiger partial charge in [0.15, 0.2) is 5.85 Å².